The molecule has 8 heteroatoms. The van der Waals surface area contributed by atoms with Crippen LogP contribution in [0.15, 0.2) is 0 Å². The third kappa shape index (κ3) is 4.61. The van der Waals surface area contributed by atoms with Gasteiger partial charge in [-0.15, -0.1) is 5.06 Å². The van der Waals surface area contributed by atoms with Gasteiger partial charge in [-0.25, -0.2) is 4.79 Å². The Morgan fingerprint density at radius 2 is 1.75 bits per heavy atom. The monoisotopic (exact) mass is 285 g/mol. The summed E-state index contributed by atoms with van der Waals surface area (Å²) in [6, 6.07) is -0.805. The van der Waals surface area contributed by atoms with Crippen molar-refractivity contribution in [3.8, 4) is 0 Å². The molecule has 1 aliphatic rings. The first kappa shape index (κ1) is 16.1. The zero-order valence-corrected chi connectivity index (χ0v) is 11.8. The number of hydroxylamine groups is 2. The summed E-state index contributed by atoms with van der Waals surface area (Å²) in [6.45, 7) is 5.25. The van der Waals surface area contributed by atoms with Crippen molar-refractivity contribution in [1.29, 1.82) is 0 Å². The standard InChI is InChI=1S/C12H19N3O5/c1-7(2)13-6-9(16)14-8(3)12(19)20-15-10(17)4-5-11(15)18/h7-8,13H,4-6H2,1-3H3,(H,14,16). The summed E-state index contributed by atoms with van der Waals surface area (Å²) >= 11 is 0. The molecule has 20 heavy (non-hydrogen) atoms. The third-order valence-corrected chi connectivity index (χ3v) is 2.59. The van der Waals surface area contributed by atoms with Crippen LogP contribution in [0.25, 0.3) is 0 Å². The Hall–Kier alpha value is -1.96. The van der Waals surface area contributed by atoms with E-state index < -0.39 is 23.8 Å². The highest BCUT2D eigenvalue weighted by Crippen LogP contribution is 2.12. The highest BCUT2D eigenvalue weighted by Gasteiger charge is 2.34. The van der Waals surface area contributed by atoms with Crippen molar-refractivity contribution in [1.82, 2.24) is 15.7 Å². The van der Waals surface area contributed by atoms with E-state index >= 15 is 0 Å². The molecule has 1 atom stereocenters. The van der Waals surface area contributed by atoms with Crippen molar-refractivity contribution >= 4 is 23.7 Å². The summed E-state index contributed by atoms with van der Waals surface area (Å²) in [7, 11) is 0. The van der Waals surface area contributed by atoms with E-state index in [1.165, 1.54) is 6.92 Å². The molecule has 8 nitrogen and oxygen atoms in total. The van der Waals surface area contributed by atoms with Crippen LogP contribution in [0.4, 0.5) is 0 Å². The minimum absolute atomic E-state index is 0.0329. The van der Waals surface area contributed by atoms with Gasteiger partial charge in [0, 0.05) is 18.9 Å². The van der Waals surface area contributed by atoms with Gasteiger partial charge in [0.15, 0.2) is 0 Å². The van der Waals surface area contributed by atoms with Gasteiger partial charge in [-0.3, -0.25) is 14.4 Å². The van der Waals surface area contributed by atoms with Crippen LogP contribution < -0.4 is 10.6 Å². The van der Waals surface area contributed by atoms with Crippen LogP contribution in [-0.2, 0) is 24.0 Å². The second kappa shape index (κ2) is 6.99. The Morgan fingerprint density at radius 3 is 2.25 bits per heavy atom. The first-order chi connectivity index (χ1) is 9.31. The van der Waals surface area contributed by atoms with Gasteiger partial charge in [-0.05, 0) is 6.92 Å². The Kier molecular flexibility index (Phi) is 5.63. The maximum Gasteiger partial charge on any atom is 0.354 e. The van der Waals surface area contributed by atoms with E-state index in [9.17, 15) is 19.2 Å². The summed E-state index contributed by atoms with van der Waals surface area (Å²) in [5, 5.41) is 5.76. The smallest absolute Gasteiger partial charge is 0.342 e. The van der Waals surface area contributed by atoms with Crippen LogP contribution in [0.1, 0.15) is 33.6 Å². The summed E-state index contributed by atoms with van der Waals surface area (Å²) in [4.78, 5) is 50.4. The molecule has 1 fully saturated rings. The van der Waals surface area contributed by atoms with Gasteiger partial charge in [0.2, 0.25) is 5.91 Å². The Balaban J connectivity index is 2.41. The van der Waals surface area contributed by atoms with Crippen molar-refractivity contribution in [2.45, 2.75) is 45.7 Å². The molecule has 3 amide bonds. The second-order valence-corrected chi connectivity index (χ2v) is 4.82. The summed E-state index contributed by atoms with van der Waals surface area (Å²) in [5.41, 5.74) is 0. The fraction of sp³-hybridized carbons (Fsp3) is 0.667. The van der Waals surface area contributed by atoms with Gasteiger partial charge in [-0.2, -0.15) is 0 Å². The molecule has 112 valence electrons. The van der Waals surface area contributed by atoms with E-state index in [2.05, 4.69) is 15.5 Å². The fourth-order valence-electron chi connectivity index (χ4n) is 1.48. The molecule has 1 rings (SSSR count). The van der Waals surface area contributed by atoms with Gasteiger partial charge in [0.25, 0.3) is 11.8 Å². The highest BCUT2D eigenvalue weighted by molar-refractivity contribution is 6.01. The molecule has 1 unspecified atom stereocenters. The minimum Gasteiger partial charge on any atom is -0.342 e. The molecular weight excluding hydrogens is 266 g/mol. The molecule has 0 saturated carbocycles. The topological polar surface area (TPSA) is 105 Å². The largest absolute Gasteiger partial charge is 0.354 e. The minimum atomic E-state index is -0.947. The van der Waals surface area contributed by atoms with E-state index in [-0.39, 0.29) is 31.3 Å². The van der Waals surface area contributed by atoms with Crippen molar-refractivity contribution in [3.05, 3.63) is 0 Å². The van der Waals surface area contributed by atoms with E-state index in [0.29, 0.717) is 5.06 Å². The number of hydrogen-bond acceptors (Lipinski definition) is 6. The lowest BCUT2D eigenvalue weighted by Crippen LogP contribution is -2.46. The molecule has 1 saturated heterocycles. The van der Waals surface area contributed by atoms with Crippen LogP contribution >= 0.6 is 0 Å². The van der Waals surface area contributed by atoms with Crippen molar-refractivity contribution in [3.63, 3.8) is 0 Å². The molecule has 2 N–H and O–H groups in total. The third-order valence-electron chi connectivity index (χ3n) is 2.59. The molecule has 1 aliphatic heterocycles. The maximum atomic E-state index is 11.7. The van der Waals surface area contributed by atoms with Gasteiger partial charge in [-0.1, -0.05) is 13.8 Å². The quantitative estimate of drug-likeness (QED) is 0.613. The van der Waals surface area contributed by atoms with Crippen molar-refractivity contribution in [2.75, 3.05) is 6.54 Å². The van der Waals surface area contributed by atoms with Crippen LogP contribution in [0.5, 0.6) is 0 Å². The van der Waals surface area contributed by atoms with Crippen molar-refractivity contribution < 1.29 is 24.0 Å². The van der Waals surface area contributed by atoms with Gasteiger partial charge < -0.3 is 15.5 Å². The number of hydrogen-bond donors (Lipinski definition) is 2. The second-order valence-electron chi connectivity index (χ2n) is 4.82. The Labute approximate surface area is 116 Å². The first-order valence-electron chi connectivity index (χ1n) is 6.41. The molecule has 0 radical (unpaired) electrons. The molecule has 0 aromatic rings. The predicted molar refractivity (Wildman–Crippen MR) is 67.9 cm³/mol. The number of amides is 3. The van der Waals surface area contributed by atoms with Crippen molar-refractivity contribution in [2.24, 2.45) is 0 Å². The summed E-state index contributed by atoms with van der Waals surface area (Å²) in [5.74, 6) is -2.33. The molecule has 0 aromatic carbocycles. The first-order valence-corrected chi connectivity index (χ1v) is 6.41. The number of carbonyl (C=O) groups excluding carboxylic acids is 4. The Morgan fingerprint density at radius 1 is 1.20 bits per heavy atom. The van der Waals surface area contributed by atoms with E-state index in [1.807, 2.05) is 13.8 Å². The molecule has 0 spiro atoms. The number of nitrogens with zero attached hydrogens (tertiary/aromatic N) is 1. The number of nitrogens with one attached hydrogen (secondary N) is 2. The zero-order chi connectivity index (χ0) is 15.3. The van der Waals surface area contributed by atoms with E-state index in [1.54, 1.807) is 0 Å². The molecule has 0 aromatic heterocycles. The Bertz CT molecular complexity index is 405. The normalized spacial score (nSPS) is 16.5. The SMILES string of the molecule is CC(C)NCC(=O)NC(C)C(=O)ON1C(=O)CCC1=O. The molecule has 1 heterocycles. The lowest BCUT2D eigenvalue weighted by molar-refractivity contribution is -0.198. The van der Waals surface area contributed by atoms with Crippen LogP contribution in [0.3, 0.4) is 0 Å². The van der Waals surface area contributed by atoms with E-state index in [4.69, 9.17) is 0 Å². The van der Waals surface area contributed by atoms with Crippen LogP contribution in [0, 0.1) is 0 Å². The number of rotatable bonds is 6. The summed E-state index contributed by atoms with van der Waals surface area (Å²) in [6.07, 6.45) is 0.0658. The average Bonchev–Trinajstić information content (AvgIpc) is 2.68. The molecular formula is C12H19N3O5. The zero-order valence-electron chi connectivity index (χ0n) is 11.8. The fourth-order valence-corrected chi connectivity index (χ4v) is 1.48. The molecule has 0 bridgehead atoms. The van der Waals surface area contributed by atoms with E-state index in [0.717, 1.165) is 0 Å². The number of imide groups is 1. The van der Waals surface area contributed by atoms with Gasteiger partial charge >= 0.3 is 5.97 Å². The highest BCUT2D eigenvalue weighted by atomic mass is 16.7. The lowest BCUT2D eigenvalue weighted by atomic mass is 10.3. The van der Waals surface area contributed by atoms with Gasteiger partial charge in [0.05, 0.1) is 6.54 Å². The molecule has 0 aliphatic carbocycles. The average molecular weight is 285 g/mol. The maximum absolute atomic E-state index is 11.7. The predicted octanol–water partition coefficient (Wildman–Crippen LogP) is -0.904. The lowest BCUT2D eigenvalue weighted by Gasteiger charge is -2.17. The number of carbonyl (C=O) groups is 4. The van der Waals surface area contributed by atoms with Gasteiger partial charge in [0.1, 0.15) is 6.04 Å². The summed E-state index contributed by atoms with van der Waals surface area (Å²) < 4.78 is 0. The van der Waals surface area contributed by atoms with Crippen LogP contribution in [0.2, 0.25) is 0 Å². The van der Waals surface area contributed by atoms with Crippen LogP contribution in [-0.4, -0.2) is 47.4 Å².